The van der Waals surface area contributed by atoms with Crippen LogP contribution in [0.4, 0.5) is 5.69 Å². The summed E-state index contributed by atoms with van der Waals surface area (Å²) in [4.78, 5) is 26.7. The van der Waals surface area contributed by atoms with Gasteiger partial charge in [-0.25, -0.2) is 8.42 Å². The zero-order valence-corrected chi connectivity index (χ0v) is 20.6. The minimum Gasteiger partial charge on any atom is -0.332 e. The Labute approximate surface area is 196 Å². The quantitative estimate of drug-likeness (QED) is 0.668. The van der Waals surface area contributed by atoms with Gasteiger partial charge in [-0.15, -0.1) is 0 Å². The second-order valence-electron chi connectivity index (χ2n) is 9.01. The van der Waals surface area contributed by atoms with Crippen molar-refractivity contribution < 1.29 is 18.0 Å². The van der Waals surface area contributed by atoms with Crippen LogP contribution < -0.4 is 5.32 Å². The molecule has 3 rings (SSSR count). The number of likely N-dealkylation sites (N-methyl/N-ethyl adjacent to an activating group) is 1. The smallest absolute Gasteiger partial charge is 0.254 e. The molecule has 1 aliphatic rings. The number of para-hydroxylation sites is 1. The molecule has 2 amide bonds. The average Bonchev–Trinajstić information content (AvgIpc) is 2.78. The Morgan fingerprint density at radius 2 is 1.64 bits per heavy atom. The Hall–Kier alpha value is -2.71. The number of carbonyl (C=O) groups is 2. The molecule has 33 heavy (non-hydrogen) atoms. The molecule has 0 spiro atoms. The van der Waals surface area contributed by atoms with Gasteiger partial charge in [0.05, 0.1) is 11.4 Å². The number of aryl methyl sites for hydroxylation is 1. The molecule has 2 atom stereocenters. The molecule has 0 aromatic heterocycles. The third kappa shape index (κ3) is 6.00. The fraction of sp³-hybridized carbons (Fsp3) is 0.440. The van der Waals surface area contributed by atoms with Gasteiger partial charge in [0.25, 0.3) is 5.91 Å². The fourth-order valence-electron chi connectivity index (χ4n) is 4.37. The standard InChI is InChI=1S/C25H33N3O4S/c1-5-20-8-6-7-9-23(20)26-24(29)17-27(4)25(30)21-10-12-22(13-11-21)33(31,32)28-15-18(2)14-19(3)16-28/h6-13,18-19H,5,14-17H2,1-4H3,(H,26,29)/t18-,19-/m0/s1. The second kappa shape index (κ2) is 10.5. The third-order valence-corrected chi connectivity index (χ3v) is 7.82. The predicted molar refractivity (Wildman–Crippen MR) is 130 cm³/mol. The first-order valence-electron chi connectivity index (χ1n) is 11.3. The topological polar surface area (TPSA) is 86.8 Å². The number of benzene rings is 2. The number of carbonyl (C=O) groups excluding carboxylic acids is 2. The van der Waals surface area contributed by atoms with Gasteiger partial charge in [-0.3, -0.25) is 9.59 Å². The molecule has 1 aliphatic heterocycles. The summed E-state index contributed by atoms with van der Waals surface area (Å²) in [6, 6.07) is 13.5. The first kappa shape index (κ1) is 24.9. The van der Waals surface area contributed by atoms with E-state index in [4.69, 9.17) is 0 Å². The van der Waals surface area contributed by atoms with Gasteiger partial charge in [-0.1, -0.05) is 39.0 Å². The number of anilines is 1. The van der Waals surface area contributed by atoms with Crippen molar-refractivity contribution in [3.8, 4) is 0 Å². The number of nitrogens with one attached hydrogen (secondary N) is 1. The molecular formula is C25H33N3O4S. The summed E-state index contributed by atoms with van der Waals surface area (Å²) in [6.07, 6.45) is 1.80. The summed E-state index contributed by atoms with van der Waals surface area (Å²) in [6.45, 7) is 7.04. The zero-order chi connectivity index (χ0) is 24.2. The van der Waals surface area contributed by atoms with Crippen molar-refractivity contribution >= 4 is 27.5 Å². The van der Waals surface area contributed by atoms with Crippen molar-refractivity contribution in [2.75, 3.05) is 32.0 Å². The molecule has 2 aromatic rings. The number of hydrogen-bond acceptors (Lipinski definition) is 4. The zero-order valence-electron chi connectivity index (χ0n) is 19.7. The lowest BCUT2D eigenvalue weighted by molar-refractivity contribution is -0.116. The lowest BCUT2D eigenvalue weighted by Crippen LogP contribution is -2.42. The van der Waals surface area contributed by atoms with Gasteiger partial charge in [0, 0.05) is 31.4 Å². The maximum atomic E-state index is 13.0. The van der Waals surface area contributed by atoms with Crippen LogP contribution >= 0.6 is 0 Å². The molecule has 1 N–H and O–H groups in total. The van der Waals surface area contributed by atoms with Crippen LogP contribution in [0.3, 0.4) is 0 Å². The number of hydrogen-bond donors (Lipinski definition) is 1. The Morgan fingerprint density at radius 3 is 2.24 bits per heavy atom. The lowest BCUT2D eigenvalue weighted by Gasteiger charge is -2.34. The van der Waals surface area contributed by atoms with E-state index in [-0.39, 0.29) is 23.3 Å². The first-order valence-corrected chi connectivity index (χ1v) is 12.8. The lowest BCUT2D eigenvalue weighted by atomic mass is 9.94. The number of rotatable bonds is 7. The molecule has 1 heterocycles. The van der Waals surface area contributed by atoms with Gasteiger partial charge in [0.2, 0.25) is 15.9 Å². The molecule has 0 saturated carbocycles. The molecule has 178 valence electrons. The van der Waals surface area contributed by atoms with Crippen molar-refractivity contribution in [2.24, 2.45) is 11.8 Å². The van der Waals surface area contributed by atoms with E-state index in [2.05, 4.69) is 19.2 Å². The maximum absolute atomic E-state index is 13.0. The van der Waals surface area contributed by atoms with E-state index in [9.17, 15) is 18.0 Å². The van der Waals surface area contributed by atoms with Crippen LogP contribution in [0.5, 0.6) is 0 Å². The second-order valence-corrected chi connectivity index (χ2v) is 11.0. The van der Waals surface area contributed by atoms with E-state index in [1.54, 1.807) is 7.05 Å². The van der Waals surface area contributed by atoms with Crippen LogP contribution in [-0.4, -0.2) is 56.1 Å². The number of amides is 2. The van der Waals surface area contributed by atoms with Crippen LogP contribution in [0.25, 0.3) is 0 Å². The highest BCUT2D eigenvalue weighted by Gasteiger charge is 2.31. The highest BCUT2D eigenvalue weighted by atomic mass is 32.2. The van der Waals surface area contributed by atoms with E-state index in [0.29, 0.717) is 30.5 Å². The molecule has 7 nitrogen and oxygen atoms in total. The Balaban J connectivity index is 1.65. The van der Waals surface area contributed by atoms with Gasteiger partial charge >= 0.3 is 0 Å². The van der Waals surface area contributed by atoms with Crippen molar-refractivity contribution in [1.82, 2.24) is 9.21 Å². The van der Waals surface area contributed by atoms with Gasteiger partial charge in [0.15, 0.2) is 0 Å². The molecule has 0 radical (unpaired) electrons. The predicted octanol–water partition coefficient (Wildman–Crippen LogP) is 3.63. The Bertz CT molecular complexity index is 1090. The maximum Gasteiger partial charge on any atom is 0.254 e. The molecule has 0 unspecified atom stereocenters. The highest BCUT2D eigenvalue weighted by molar-refractivity contribution is 7.89. The molecular weight excluding hydrogens is 438 g/mol. The SMILES string of the molecule is CCc1ccccc1NC(=O)CN(C)C(=O)c1ccc(S(=O)(=O)N2C[C@@H](C)C[C@H](C)C2)cc1. The van der Waals surface area contributed by atoms with Crippen molar-refractivity contribution in [3.63, 3.8) is 0 Å². The molecule has 0 bridgehead atoms. The van der Waals surface area contributed by atoms with E-state index in [0.717, 1.165) is 24.1 Å². The van der Waals surface area contributed by atoms with Crippen molar-refractivity contribution in [3.05, 3.63) is 59.7 Å². The summed E-state index contributed by atoms with van der Waals surface area (Å²) < 4.78 is 27.6. The summed E-state index contributed by atoms with van der Waals surface area (Å²) in [5, 5.41) is 2.85. The summed E-state index contributed by atoms with van der Waals surface area (Å²) in [5.41, 5.74) is 2.09. The molecule has 2 aromatic carbocycles. The Kier molecular flexibility index (Phi) is 7.92. The summed E-state index contributed by atoms with van der Waals surface area (Å²) >= 11 is 0. The summed E-state index contributed by atoms with van der Waals surface area (Å²) in [7, 11) is -2.06. The van der Waals surface area contributed by atoms with Gasteiger partial charge in [-0.2, -0.15) is 4.31 Å². The van der Waals surface area contributed by atoms with Gasteiger partial charge < -0.3 is 10.2 Å². The summed E-state index contributed by atoms with van der Waals surface area (Å²) in [5.74, 6) is -0.0145. The van der Waals surface area contributed by atoms with Crippen LogP contribution in [0.15, 0.2) is 53.4 Å². The minimum atomic E-state index is -3.61. The number of sulfonamides is 1. The van der Waals surface area contributed by atoms with Gasteiger partial charge in [-0.05, 0) is 60.6 Å². The van der Waals surface area contributed by atoms with E-state index in [1.165, 1.54) is 33.5 Å². The van der Waals surface area contributed by atoms with E-state index >= 15 is 0 Å². The monoisotopic (exact) mass is 471 g/mol. The van der Waals surface area contributed by atoms with E-state index in [1.807, 2.05) is 31.2 Å². The van der Waals surface area contributed by atoms with Gasteiger partial charge in [0.1, 0.15) is 0 Å². The number of nitrogens with zero attached hydrogens (tertiary/aromatic N) is 2. The third-order valence-electron chi connectivity index (χ3n) is 5.97. The normalized spacial score (nSPS) is 19.2. The largest absolute Gasteiger partial charge is 0.332 e. The Morgan fingerprint density at radius 1 is 1.03 bits per heavy atom. The average molecular weight is 472 g/mol. The van der Waals surface area contributed by atoms with Crippen molar-refractivity contribution in [2.45, 2.75) is 38.5 Å². The molecule has 1 saturated heterocycles. The molecule has 1 fully saturated rings. The van der Waals surface area contributed by atoms with E-state index < -0.39 is 10.0 Å². The van der Waals surface area contributed by atoms with Crippen LogP contribution in [0.1, 0.15) is 43.1 Å². The van der Waals surface area contributed by atoms with Crippen molar-refractivity contribution in [1.29, 1.82) is 0 Å². The van der Waals surface area contributed by atoms with Crippen LogP contribution in [0, 0.1) is 11.8 Å². The van der Waals surface area contributed by atoms with Crippen LogP contribution in [0.2, 0.25) is 0 Å². The van der Waals surface area contributed by atoms with Crippen LogP contribution in [-0.2, 0) is 21.2 Å². The first-order chi connectivity index (χ1) is 15.6. The number of piperidine rings is 1. The molecule has 8 heteroatoms. The minimum absolute atomic E-state index is 0.111. The fourth-order valence-corrected chi connectivity index (χ4v) is 6.05. The highest BCUT2D eigenvalue weighted by Crippen LogP contribution is 2.27. The molecule has 0 aliphatic carbocycles.